The molecular formula is C17H18F2N4O. The Labute approximate surface area is 138 Å². The van der Waals surface area contributed by atoms with Crippen molar-refractivity contribution in [1.82, 2.24) is 19.5 Å². The maximum atomic E-state index is 14.1. The van der Waals surface area contributed by atoms with Crippen molar-refractivity contribution in [2.24, 2.45) is 0 Å². The third kappa shape index (κ3) is 2.87. The van der Waals surface area contributed by atoms with Crippen LogP contribution in [0.1, 0.15) is 24.1 Å². The molecule has 0 aliphatic rings. The highest BCUT2D eigenvalue weighted by Crippen LogP contribution is 2.38. The highest BCUT2D eigenvalue weighted by Gasteiger charge is 2.31. The number of aromatic nitrogens is 4. The van der Waals surface area contributed by atoms with E-state index in [1.54, 1.807) is 29.8 Å². The number of pyridine rings is 1. The molecule has 24 heavy (non-hydrogen) atoms. The van der Waals surface area contributed by atoms with Gasteiger partial charge < -0.3 is 9.67 Å². The van der Waals surface area contributed by atoms with Crippen LogP contribution >= 0.6 is 0 Å². The van der Waals surface area contributed by atoms with Crippen molar-refractivity contribution >= 4 is 10.9 Å². The Morgan fingerprint density at radius 3 is 2.62 bits per heavy atom. The molecule has 3 aromatic heterocycles. The van der Waals surface area contributed by atoms with Gasteiger partial charge in [-0.1, -0.05) is 0 Å². The van der Waals surface area contributed by atoms with Crippen LogP contribution in [0.15, 0.2) is 24.5 Å². The fourth-order valence-electron chi connectivity index (χ4n) is 2.92. The van der Waals surface area contributed by atoms with E-state index in [-0.39, 0.29) is 12.3 Å². The molecule has 0 aliphatic carbocycles. The first-order valence-electron chi connectivity index (χ1n) is 7.61. The summed E-state index contributed by atoms with van der Waals surface area (Å²) in [5.74, 6) is -2.52. The van der Waals surface area contributed by atoms with Gasteiger partial charge in [0.1, 0.15) is 11.5 Å². The summed E-state index contributed by atoms with van der Waals surface area (Å²) in [6, 6.07) is 3.43. The monoisotopic (exact) mass is 332 g/mol. The van der Waals surface area contributed by atoms with Crippen LogP contribution in [0.2, 0.25) is 0 Å². The number of halogens is 2. The lowest BCUT2D eigenvalue weighted by atomic mass is 10.1. The molecule has 0 spiro atoms. The molecule has 0 aliphatic heterocycles. The molecule has 3 rings (SSSR count). The minimum absolute atomic E-state index is 0.0920. The van der Waals surface area contributed by atoms with Crippen LogP contribution in [0.4, 0.5) is 8.78 Å². The van der Waals surface area contributed by atoms with E-state index in [9.17, 15) is 13.9 Å². The molecule has 0 fully saturated rings. The summed E-state index contributed by atoms with van der Waals surface area (Å²) in [6.45, 7) is 4.64. The number of nitrogens with zero attached hydrogens (tertiary/aromatic N) is 4. The second-order valence-corrected chi connectivity index (χ2v) is 5.84. The van der Waals surface area contributed by atoms with Gasteiger partial charge in [-0.2, -0.15) is 8.78 Å². The lowest BCUT2D eigenvalue weighted by Crippen LogP contribution is -2.10. The van der Waals surface area contributed by atoms with E-state index in [1.165, 1.54) is 6.20 Å². The molecule has 5 nitrogen and oxygen atoms in total. The molecule has 0 saturated carbocycles. The Morgan fingerprint density at radius 2 is 2.00 bits per heavy atom. The second-order valence-electron chi connectivity index (χ2n) is 5.84. The lowest BCUT2D eigenvalue weighted by molar-refractivity contribution is 0.0145. The fourth-order valence-corrected chi connectivity index (χ4v) is 2.92. The van der Waals surface area contributed by atoms with Gasteiger partial charge in [-0.25, -0.2) is 9.97 Å². The van der Waals surface area contributed by atoms with E-state index >= 15 is 0 Å². The van der Waals surface area contributed by atoms with Crippen LogP contribution < -0.4 is 0 Å². The quantitative estimate of drug-likeness (QED) is 0.797. The van der Waals surface area contributed by atoms with E-state index in [0.717, 1.165) is 12.6 Å². The van der Waals surface area contributed by atoms with Crippen LogP contribution in [0, 0.1) is 13.8 Å². The molecular weight excluding hydrogens is 314 g/mol. The van der Waals surface area contributed by atoms with Gasteiger partial charge in [0.2, 0.25) is 0 Å². The standard InChI is InChI=1S/C17H18F2N4O/c1-10-8-13(22-11(2)21-10)12-9-23(6-7-24)14-4-5-20-16(15(12)14)17(3,18)19/h4-5,8-9,24H,6-7H2,1-3H3. The number of fused-ring (bicyclic) bond motifs is 1. The van der Waals surface area contributed by atoms with Crippen molar-refractivity contribution < 1.29 is 13.9 Å². The van der Waals surface area contributed by atoms with Gasteiger partial charge in [0.25, 0.3) is 5.92 Å². The van der Waals surface area contributed by atoms with Gasteiger partial charge in [0.15, 0.2) is 0 Å². The second kappa shape index (κ2) is 5.90. The number of rotatable bonds is 4. The predicted octanol–water partition coefficient (Wildman–Crippen LogP) is 3.21. The largest absolute Gasteiger partial charge is 0.395 e. The van der Waals surface area contributed by atoms with E-state index < -0.39 is 5.92 Å². The van der Waals surface area contributed by atoms with Crippen molar-refractivity contribution in [1.29, 1.82) is 0 Å². The van der Waals surface area contributed by atoms with Crippen LogP contribution in [-0.2, 0) is 12.5 Å². The van der Waals surface area contributed by atoms with Crippen LogP contribution in [0.5, 0.6) is 0 Å². The molecule has 0 amide bonds. The van der Waals surface area contributed by atoms with Crippen LogP contribution in [0.3, 0.4) is 0 Å². The molecule has 126 valence electrons. The zero-order valence-corrected chi connectivity index (χ0v) is 13.7. The molecule has 0 atom stereocenters. The first-order valence-corrected chi connectivity index (χ1v) is 7.61. The lowest BCUT2D eigenvalue weighted by Gasteiger charge is -2.12. The van der Waals surface area contributed by atoms with Crippen molar-refractivity contribution in [3.63, 3.8) is 0 Å². The highest BCUT2D eigenvalue weighted by atomic mass is 19.3. The molecule has 0 aromatic carbocycles. The third-order valence-electron chi connectivity index (χ3n) is 3.79. The van der Waals surface area contributed by atoms with E-state index in [2.05, 4.69) is 15.0 Å². The van der Waals surface area contributed by atoms with Gasteiger partial charge in [-0.05, 0) is 26.0 Å². The number of alkyl halides is 2. The fraction of sp³-hybridized carbons (Fsp3) is 0.353. The Bertz CT molecular complexity index is 879. The average Bonchev–Trinajstić information content (AvgIpc) is 2.84. The summed E-state index contributed by atoms with van der Waals surface area (Å²) >= 11 is 0. The van der Waals surface area contributed by atoms with Crippen molar-refractivity contribution in [3.05, 3.63) is 41.7 Å². The Morgan fingerprint density at radius 1 is 1.25 bits per heavy atom. The first kappa shape index (κ1) is 16.4. The zero-order chi connectivity index (χ0) is 17.5. The number of aliphatic hydroxyl groups is 1. The van der Waals surface area contributed by atoms with Gasteiger partial charge in [-0.3, -0.25) is 4.98 Å². The van der Waals surface area contributed by atoms with E-state index in [0.29, 0.717) is 34.5 Å². The summed E-state index contributed by atoms with van der Waals surface area (Å²) in [4.78, 5) is 12.5. The molecule has 0 bridgehead atoms. The molecule has 7 heteroatoms. The molecule has 0 radical (unpaired) electrons. The minimum Gasteiger partial charge on any atom is -0.395 e. The summed E-state index contributed by atoms with van der Waals surface area (Å²) in [6.07, 6.45) is 3.10. The molecule has 0 saturated heterocycles. The van der Waals surface area contributed by atoms with Gasteiger partial charge in [0, 0.05) is 42.5 Å². The number of hydrogen-bond donors (Lipinski definition) is 1. The van der Waals surface area contributed by atoms with Gasteiger partial charge in [-0.15, -0.1) is 0 Å². The summed E-state index contributed by atoms with van der Waals surface area (Å²) in [5.41, 5.74) is 2.20. The predicted molar refractivity (Wildman–Crippen MR) is 86.9 cm³/mol. The zero-order valence-electron chi connectivity index (χ0n) is 13.7. The molecule has 3 heterocycles. The average molecular weight is 332 g/mol. The Balaban J connectivity index is 2.38. The topological polar surface area (TPSA) is 63.8 Å². The minimum atomic E-state index is -3.09. The van der Waals surface area contributed by atoms with Crippen molar-refractivity contribution in [3.8, 4) is 11.3 Å². The summed E-state index contributed by atoms with van der Waals surface area (Å²) in [7, 11) is 0. The third-order valence-corrected chi connectivity index (χ3v) is 3.79. The molecule has 1 N–H and O–H groups in total. The Kier molecular flexibility index (Phi) is 4.04. The SMILES string of the molecule is Cc1cc(-c2cn(CCO)c3ccnc(C(C)(F)F)c23)nc(C)n1. The normalized spacial score (nSPS) is 12.1. The summed E-state index contributed by atoms with van der Waals surface area (Å²) < 4.78 is 29.9. The molecule has 0 unspecified atom stereocenters. The van der Waals surface area contributed by atoms with E-state index in [4.69, 9.17) is 0 Å². The van der Waals surface area contributed by atoms with Crippen molar-refractivity contribution in [2.75, 3.05) is 6.61 Å². The van der Waals surface area contributed by atoms with Gasteiger partial charge in [0.05, 0.1) is 17.8 Å². The van der Waals surface area contributed by atoms with Crippen molar-refractivity contribution in [2.45, 2.75) is 33.2 Å². The van der Waals surface area contributed by atoms with Crippen LogP contribution in [-0.4, -0.2) is 31.2 Å². The molecule has 3 aromatic rings. The van der Waals surface area contributed by atoms with Crippen LogP contribution in [0.25, 0.3) is 22.2 Å². The first-order chi connectivity index (χ1) is 11.3. The smallest absolute Gasteiger partial charge is 0.287 e. The number of aryl methyl sites for hydroxylation is 2. The maximum Gasteiger partial charge on any atom is 0.287 e. The van der Waals surface area contributed by atoms with Gasteiger partial charge >= 0.3 is 0 Å². The maximum absolute atomic E-state index is 14.1. The summed E-state index contributed by atoms with van der Waals surface area (Å²) in [5, 5.41) is 9.62. The Hall–Kier alpha value is -2.41. The highest BCUT2D eigenvalue weighted by molar-refractivity contribution is 5.97. The van der Waals surface area contributed by atoms with E-state index in [1.807, 2.05) is 6.92 Å². The number of aliphatic hydroxyl groups excluding tert-OH is 1. The number of hydrogen-bond acceptors (Lipinski definition) is 4.